The van der Waals surface area contributed by atoms with E-state index in [-0.39, 0.29) is 12.3 Å². The Morgan fingerprint density at radius 3 is 2.29 bits per heavy atom. The minimum atomic E-state index is -0.995. The Labute approximate surface area is 140 Å². The third-order valence-corrected chi connectivity index (χ3v) is 3.50. The lowest BCUT2D eigenvalue weighted by Gasteiger charge is -2.24. The highest BCUT2D eigenvalue weighted by molar-refractivity contribution is 5.90. The molecular formula is C17H23FN2O4. The third kappa shape index (κ3) is 5.64. The number of carbonyl (C=O) groups excluding carboxylic acids is 3. The minimum absolute atomic E-state index is 0.0237. The molecule has 2 atom stereocenters. The van der Waals surface area contributed by atoms with E-state index in [0.717, 1.165) is 0 Å². The van der Waals surface area contributed by atoms with Gasteiger partial charge in [0.1, 0.15) is 17.9 Å². The Kier molecular flexibility index (Phi) is 7.35. The van der Waals surface area contributed by atoms with Gasteiger partial charge in [-0.2, -0.15) is 0 Å². The van der Waals surface area contributed by atoms with Gasteiger partial charge in [0, 0.05) is 13.3 Å². The van der Waals surface area contributed by atoms with Crippen LogP contribution in [0.25, 0.3) is 0 Å². The number of ether oxygens (including phenoxy) is 1. The molecule has 1 aromatic rings. The molecule has 0 aliphatic heterocycles. The van der Waals surface area contributed by atoms with Crippen LogP contribution in [0.15, 0.2) is 24.3 Å². The Bertz CT molecular complexity index is 604. The zero-order chi connectivity index (χ0) is 18.3. The summed E-state index contributed by atoms with van der Waals surface area (Å²) < 4.78 is 18.5. The maximum absolute atomic E-state index is 13.8. The fourth-order valence-electron chi connectivity index (χ4n) is 2.22. The van der Waals surface area contributed by atoms with Crippen molar-refractivity contribution in [1.82, 2.24) is 10.6 Å². The molecule has 2 amide bonds. The van der Waals surface area contributed by atoms with Crippen LogP contribution in [0.3, 0.4) is 0 Å². The molecule has 0 radical (unpaired) electrons. The first-order valence-electron chi connectivity index (χ1n) is 7.65. The van der Waals surface area contributed by atoms with Crippen LogP contribution >= 0.6 is 0 Å². The maximum Gasteiger partial charge on any atom is 0.328 e. The van der Waals surface area contributed by atoms with Crippen molar-refractivity contribution in [2.24, 2.45) is 5.92 Å². The van der Waals surface area contributed by atoms with Crippen LogP contribution in [0.4, 0.5) is 4.39 Å². The Morgan fingerprint density at radius 2 is 1.79 bits per heavy atom. The van der Waals surface area contributed by atoms with E-state index in [1.54, 1.807) is 26.0 Å². The molecule has 2 N–H and O–H groups in total. The largest absolute Gasteiger partial charge is 0.467 e. The Balaban J connectivity index is 2.94. The van der Waals surface area contributed by atoms with Crippen LogP contribution in [0.2, 0.25) is 0 Å². The van der Waals surface area contributed by atoms with Gasteiger partial charge in [0.2, 0.25) is 11.8 Å². The van der Waals surface area contributed by atoms with Crippen molar-refractivity contribution in [2.45, 2.75) is 39.3 Å². The highest BCUT2D eigenvalue weighted by Gasteiger charge is 2.29. The first kappa shape index (κ1) is 19.6. The molecule has 0 spiro atoms. The molecule has 24 heavy (non-hydrogen) atoms. The highest BCUT2D eigenvalue weighted by Crippen LogP contribution is 2.11. The van der Waals surface area contributed by atoms with Crippen molar-refractivity contribution < 1.29 is 23.5 Å². The van der Waals surface area contributed by atoms with Gasteiger partial charge in [0.25, 0.3) is 0 Å². The second kappa shape index (κ2) is 9.00. The van der Waals surface area contributed by atoms with Crippen LogP contribution in [0.5, 0.6) is 0 Å². The van der Waals surface area contributed by atoms with Crippen LogP contribution in [0, 0.1) is 11.7 Å². The van der Waals surface area contributed by atoms with Crippen molar-refractivity contribution in [2.75, 3.05) is 7.11 Å². The number of hydrogen-bond donors (Lipinski definition) is 2. The number of methoxy groups -OCH3 is 1. The van der Waals surface area contributed by atoms with E-state index >= 15 is 0 Å². The number of carbonyl (C=O) groups is 3. The first-order chi connectivity index (χ1) is 11.3. The van der Waals surface area contributed by atoms with Crippen LogP contribution in [0.1, 0.15) is 26.3 Å². The number of benzene rings is 1. The van der Waals surface area contributed by atoms with Crippen LogP contribution in [-0.4, -0.2) is 37.0 Å². The number of rotatable bonds is 7. The third-order valence-electron chi connectivity index (χ3n) is 3.50. The Morgan fingerprint density at radius 1 is 1.17 bits per heavy atom. The fraction of sp³-hybridized carbons (Fsp3) is 0.471. The summed E-state index contributed by atoms with van der Waals surface area (Å²) in [6, 6.07) is 4.16. The zero-order valence-corrected chi connectivity index (χ0v) is 14.3. The predicted molar refractivity (Wildman–Crippen MR) is 86.5 cm³/mol. The molecule has 1 rings (SSSR count). The van der Waals surface area contributed by atoms with Gasteiger partial charge in [0.15, 0.2) is 0 Å². The SMILES string of the molecule is COC(=O)[C@@H](NC(=O)[C@@H](Cc1ccccc1F)NC(C)=O)C(C)C. The molecule has 0 bridgehead atoms. The highest BCUT2D eigenvalue weighted by atomic mass is 19.1. The summed E-state index contributed by atoms with van der Waals surface area (Å²) in [5.74, 6) is -2.24. The average molecular weight is 338 g/mol. The van der Waals surface area contributed by atoms with E-state index in [1.165, 1.54) is 26.2 Å². The van der Waals surface area contributed by atoms with Crippen molar-refractivity contribution in [3.8, 4) is 0 Å². The van der Waals surface area contributed by atoms with Crippen LogP contribution < -0.4 is 10.6 Å². The molecule has 6 nitrogen and oxygen atoms in total. The normalized spacial score (nSPS) is 13.1. The summed E-state index contributed by atoms with van der Waals surface area (Å²) in [6.07, 6.45) is -0.0237. The van der Waals surface area contributed by atoms with Gasteiger partial charge in [-0.3, -0.25) is 9.59 Å². The number of esters is 1. The zero-order valence-electron chi connectivity index (χ0n) is 14.3. The van der Waals surface area contributed by atoms with Gasteiger partial charge in [-0.15, -0.1) is 0 Å². The molecule has 0 aliphatic rings. The standard InChI is InChI=1S/C17H23FN2O4/c1-10(2)15(17(23)24-4)20-16(22)14(19-11(3)21)9-12-7-5-6-8-13(12)18/h5-8,10,14-15H,9H2,1-4H3,(H,19,21)(H,20,22)/t14-,15+/m1/s1. The summed E-state index contributed by atoms with van der Waals surface area (Å²) in [5.41, 5.74) is 0.297. The summed E-state index contributed by atoms with van der Waals surface area (Å²) in [4.78, 5) is 35.6. The van der Waals surface area contributed by atoms with Gasteiger partial charge < -0.3 is 15.4 Å². The molecule has 132 valence electrons. The lowest BCUT2D eigenvalue weighted by Crippen LogP contribution is -2.53. The molecule has 0 saturated heterocycles. The second-order valence-corrected chi connectivity index (χ2v) is 5.80. The summed E-state index contributed by atoms with van der Waals surface area (Å²) in [7, 11) is 1.23. The summed E-state index contributed by atoms with van der Waals surface area (Å²) >= 11 is 0. The maximum atomic E-state index is 13.8. The monoisotopic (exact) mass is 338 g/mol. The van der Waals surface area contributed by atoms with E-state index in [9.17, 15) is 18.8 Å². The molecule has 0 aromatic heterocycles. The first-order valence-corrected chi connectivity index (χ1v) is 7.65. The minimum Gasteiger partial charge on any atom is -0.467 e. The average Bonchev–Trinajstić information content (AvgIpc) is 2.52. The quantitative estimate of drug-likeness (QED) is 0.732. The van der Waals surface area contributed by atoms with E-state index < -0.39 is 35.7 Å². The predicted octanol–water partition coefficient (Wildman–Crippen LogP) is 1.19. The van der Waals surface area contributed by atoms with Crippen molar-refractivity contribution in [3.63, 3.8) is 0 Å². The molecule has 0 aliphatic carbocycles. The molecule has 0 fully saturated rings. The van der Waals surface area contributed by atoms with Gasteiger partial charge in [0.05, 0.1) is 7.11 Å². The van der Waals surface area contributed by atoms with Gasteiger partial charge in [-0.25, -0.2) is 9.18 Å². The van der Waals surface area contributed by atoms with Crippen molar-refractivity contribution in [3.05, 3.63) is 35.6 Å². The van der Waals surface area contributed by atoms with E-state index in [2.05, 4.69) is 15.4 Å². The topological polar surface area (TPSA) is 84.5 Å². The molecule has 0 unspecified atom stereocenters. The molecular weight excluding hydrogens is 315 g/mol. The smallest absolute Gasteiger partial charge is 0.328 e. The van der Waals surface area contributed by atoms with Gasteiger partial charge >= 0.3 is 5.97 Å². The lowest BCUT2D eigenvalue weighted by atomic mass is 10.0. The van der Waals surface area contributed by atoms with Crippen LogP contribution in [-0.2, 0) is 25.5 Å². The number of halogens is 1. The molecule has 0 saturated carbocycles. The summed E-state index contributed by atoms with van der Waals surface area (Å²) in [6.45, 7) is 4.78. The molecule has 0 heterocycles. The fourth-order valence-corrected chi connectivity index (χ4v) is 2.22. The summed E-state index contributed by atoms with van der Waals surface area (Å²) in [5, 5.41) is 5.05. The van der Waals surface area contributed by atoms with Crippen molar-refractivity contribution in [1.29, 1.82) is 0 Å². The van der Waals surface area contributed by atoms with Crippen molar-refractivity contribution >= 4 is 17.8 Å². The number of nitrogens with one attached hydrogen (secondary N) is 2. The van der Waals surface area contributed by atoms with Gasteiger partial charge in [-0.1, -0.05) is 32.0 Å². The second-order valence-electron chi connectivity index (χ2n) is 5.80. The van der Waals surface area contributed by atoms with Gasteiger partial charge in [-0.05, 0) is 17.5 Å². The number of hydrogen-bond acceptors (Lipinski definition) is 4. The molecule has 1 aromatic carbocycles. The van der Waals surface area contributed by atoms with E-state index in [4.69, 9.17) is 0 Å². The van der Waals surface area contributed by atoms with E-state index in [1.807, 2.05) is 0 Å². The van der Waals surface area contributed by atoms with E-state index in [0.29, 0.717) is 5.56 Å². The Hall–Kier alpha value is -2.44. The number of amides is 2. The molecule has 7 heteroatoms. The lowest BCUT2D eigenvalue weighted by molar-refractivity contribution is -0.146.